The predicted molar refractivity (Wildman–Crippen MR) is 46.7 cm³/mol. The Bertz CT molecular complexity index is 241. The normalized spacial score (nSPS) is 12.0. The Labute approximate surface area is 78.7 Å². The SMILES string of the molecule is N#C/C(Cl)=C\S/C=C(/Cl)C#N. The summed E-state index contributed by atoms with van der Waals surface area (Å²) in [5.41, 5.74) is 0. The van der Waals surface area contributed by atoms with Gasteiger partial charge in [0.25, 0.3) is 0 Å². The summed E-state index contributed by atoms with van der Waals surface area (Å²) in [6, 6.07) is 3.41. The molecule has 0 radical (unpaired) electrons. The van der Waals surface area contributed by atoms with E-state index in [0.717, 1.165) is 11.8 Å². The molecule has 0 N–H and O–H groups in total. The Hall–Kier alpha value is -0.610. The molecular weight excluding hydrogens is 203 g/mol. The second-order valence-corrected chi connectivity index (χ2v) is 2.85. The van der Waals surface area contributed by atoms with Gasteiger partial charge in [-0.15, -0.1) is 11.8 Å². The Morgan fingerprint density at radius 3 is 1.73 bits per heavy atom. The van der Waals surface area contributed by atoms with Crippen molar-refractivity contribution in [3.8, 4) is 12.1 Å². The van der Waals surface area contributed by atoms with Crippen LogP contribution in [0.4, 0.5) is 0 Å². The molecule has 56 valence electrons. The van der Waals surface area contributed by atoms with Crippen LogP contribution >= 0.6 is 35.0 Å². The minimum atomic E-state index is 0.0636. The molecular formula is C6H2Cl2N2S. The Kier molecular flexibility index (Phi) is 5.78. The number of halogens is 2. The van der Waals surface area contributed by atoms with Crippen LogP contribution in [0.25, 0.3) is 0 Å². The lowest BCUT2D eigenvalue weighted by Crippen LogP contribution is -1.59. The van der Waals surface area contributed by atoms with Gasteiger partial charge in [-0.05, 0) is 0 Å². The van der Waals surface area contributed by atoms with Crippen LogP contribution in [0.1, 0.15) is 0 Å². The van der Waals surface area contributed by atoms with E-state index in [9.17, 15) is 0 Å². The maximum absolute atomic E-state index is 8.17. The third-order valence-electron chi connectivity index (χ3n) is 0.557. The highest BCUT2D eigenvalue weighted by atomic mass is 35.5. The van der Waals surface area contributed by atoms with Gasteiger partial charge in [0, 0.05) is 10.8 Å². The van der Waals surface area contributed by atoms with Crippen LogP contribution in [-0.4, -0.2) is 0 Å². The summed E-state index contributed by atoms with van der Waals surface area (Å²) >= 11 is 11.7. The van der Waals surface area contributed by atoms with Crippen molar-refractivity contribution < 1.29 is 0 Å². The number of nitriles is 2. The van der Waals surface area contributed by atoms with Gasteiger partial charge in [-0.1, -0.05) is 23.2 Å². The summed E-state index contributed by atoms with van der Waals surface area (Å²) in [7, 11) is 0. The van der Waals surface area contributed by atoms with E-state index in [1.807, 2.05) is 0 Å². The molecule has 0 saturated heterocycles. The largest absolute Gasteiger partial charge is 0.191 e. The average Bonchev–Trinajstić information content (AvgIpc) is 2.04. The number of hydrogen-bond acceptors (Lipinski definition) is 3. The zero-order valence-corrected chi connectivity index (χ0v) is 7.54. The third-order valence-corrected chi connectivity index (χ3v) is 1.95. The second-order valence-electron chi connectivity index (χ2n) is 1.29. The van der Waals surface area contributed by atoms with Crippen molar-refractivity contribution in [2.75, 3.05) is 0 Å². The molecule has 2 nitrogen and oxygen atoms in total. The maximum atomic E-state index is 8.17. The number of rotatable bonds is 2. The molecule has 0 saturated carbocycles. The molecule has 0 aliphatic carbocycles. The van der Waals surface area contributed by atoms with E-state index in [1.165, 1.54) is 10.8 Å². The first-order chi connectivity index (χ1) is 5.20. The highest BCUT2D eigenvalue weighted by Gasteiger charge is 1.87. The standard InChI is InChI=1S/C6H2Cl2N2S/c7-5(1-9)3-11-4-6(8)2-10/h3-4H/b5-3+,6-4+. The number of nitrogens with zero attached hydrogens (tertiary/aromatic N) is 2. The van der Waals surface area contributed by atoms with E-state index in [0.29, 0.717) is 0 Å². The van der Waals surface area contributed by atoms with Gasteiger partial charge < -0.3 is 0 Å². The fraction of sp³-hybridized carbons (Fsp3) is 0. The average molecular weight is 205 g/mol. The zero-order valence-electron chi connectivity index (χ0n) is 5.21. The van der Waals surface area contributed by atoms with Gasteiger partial charge >= 0.3 is 0 Å². The summed E-state index contributed by atoms with van der Waals surface area (Å²) < 4.78 is 0. The summed E-state index contributed by atoms with van der Waals surface area (Å²) in [6.45, 7) is 0. The van der Waals surface area contributed by atoms with Gasteiger partial charge in [0.2, 0.25) is 0 Å². The summed E-state index contributed by atoms with van der Waals surface area (Å²) in [6.07, 6.45) is 0. The molecule has 0 aliphatic heterocycles. The van der Waals surface area contributed by atoms with Gasteiger partial charge in [-0.3, -0.25) is 0 Å². The van der Waals surface area contributed by atoms with Gasteiger partial charge in [0.15, 0.2) is 0 Å². The molecule has 0 aliphatic rings. The monoisotopic (exact) mass is 204 g/mol. The third kappa shape index (κ3) is 5.82. The van der Waals surface area contributed by atoms with E-state index >= 15 is 0 Å². The Balaban J connectivity index is 3.96. The Morgan fingerprint density at radius 1 is 1.09 bits per heavy atom. The van der Waals surface area contributed by atoms with Crippen molar-refractivity contribution in [3.63, 3.8) is 0 Å². The molecule has 0 aromatic rings. The van der Waals surface area contributed by atoms with Crippen molar-refractivity contribution in [3.05, 3.63) is 20.9 Å². The van der Waals surface area contributed by atoms with E-state index in [1.54, 1.807) is 12.1 Å². The van der Waals surface area contributed by atoms with Gasteiger partial charge in [0.05, 0.1) is 0 Å². The number of allylic oxidation sites excluding steroid dienone is 2. The van der Waals surface area contributed by atoms with E-state index < -0.39 is 0 Å². The number of hydrogen-bond donors (Lipinski definition) is 0. The lowest BCUT2D eigenvalue weighted by Gasteiger charge is -1.81. The van der Waals surface area contributed by atoms with Gasteiger partial charge in [0.1, 0.15) is 22.2 Å². The van der Waals surface area contributed by atoms with Gasteiger partial charge in [-0.25, -0.2) is 0 Å². The van der Waals surface area contributed by atoms with Crippen molar-refractivity contribution >= 4 is 35.0 Å². The fourth-order valence-corrected chi connectivity index (χ4v) is 0.927. The van der Waals surface area contributed by atoms with Crippen LogP contribution in [-0.2, 0) is 0 Å². The van der Waals surface area contributed by atoms with Gasteiger partial charge in [-0.2, -0.15) is 10.5 Å². The van der Waals surface area contributed by atoms with Crippen molar-refractivity contribution in [1.82, 2.24) is 0 Å². The first kappa shape index (κ1) is 10.4. The summed E-state index contributed by atoms with van der Waals surface area (Å²) in [5.74, 6) is 0. The fourth-order valence-electron chi connectivity index (χ4n) is 0.206. The van der Waals surface area contributed by atoms with E-state index in [2.05, 4.69) is 0 Å². The molecule has 0 spiro atoms. The van der Waals surface area contributed by atoms with Crippen LogP contribution in [0.15, 0.2) is 20.9 Å². The number of thioether (sulfide) groups is 1. The van der Waals surface area contributed by atoms with E-state index in [4.69, 9.17) is 33.7 Å². The highest BCUT2D eigenvalue weighted by molar-refractivity contribution is 8.05. The molecule has 0 bridgehead atoms. The molecule has 0 aromatic heterocycles. The van der Waals surface area contributed by atoms with Crippen LogP contribution in [0.3, 0.4) is 0 Å². The zero-order chi connectivity index (χ0) is 8.69. The summed E-state index contributed by atoms with van der Waals surface area (Å²) in [4.78, 5) is 0. The molecule has 0 aromatic carbocycles. The molecule has 0 heterocycles. The van der Waals surface area contributed by atoms with Crippen LogP contribution < -0.4 is 0 Å². The molecule has 0 rings (SSSR count). The molecule has 0 amide bonds. The molecule has 5 heteroatoms. The lowest BCUT2D eigenvalue weighted by molar-refractivity contribution is 1.53. The first-order valence-electron chi connectivity index (χ1n) is 2.37. The lowest BCUT2D eigenvalue weighted by atomic mass is 10.7. The molecule has 11 heavy (non-hydrogen) atoms. The minimum Gasteiger partial charge on any atom is -0.191 e. The summed E-state index contributed by atoms with van der Waals surface area (Å²) in [5, 5.41) is 19.3. The molecule has 0 fully saturated rings. The van der Waals surface area contributed by atoms with Crippen LogP contribution in [0.2, 0.25) is 0 Å². The molecule has 0 atom stereocenters. The molecule has 0 unspecified atom stereocenters. The van der Waals surface area contributed by atoms with Crippen LogP contribution in [0, 0.1) is 22.7 Å². The predicted octanol–water partition coefficient (Wildman–Crippen LogP) is 2.93. The second kappa shape index (κ2) is 6.12. The topological polar surface area (TPSA) is 47.6 Å². The van der Waals surface area contributed by atoms with Crippen LogP contribution in [0.5, 0.6) is 0 Å². The quantitative estimate of drug-likeness (QED) is 0.651. The maximum Gasteiger partial charge on any atom is 0.124 e. The highest BCUT2D eigenvalue weighted by Crippen LogP contribution is 2.14. The van der Waals surface area contributed by atoms with Crippen molar-refractivity contribution in [2.45, 2.75) is 0 Å². The van der Waals surface area contributed by atoms with Crippen molar-refractivity contribution in [2.24, 2.45) is 0 Å². The smallest absolute Gasteiger partial charge is 0.124 e. The minimum absolute atomic E-state index is 0.0636. The first-order valence-corrected chi connectivity index (χ1v) is 4.07. The Morgan fingerprint density at radius 2 is 1.45 bits per heavy atom. The van der Waals surface area contributed by atoms with E-state index in [-0.39, 0.29) is 10.1 Å². The van der Waals surface area contributed by atoms with Crippen molar-refractivity contribution in [1.29, 1.82) is 10.5 Å².